The van der Waals surface area contributed by atoms with Gasteiger partial charge in [-0.2, -0.15) is 0 Å². The Kier molecular flexibility index (Phi) is 25.2. The van der Waals surface area contributed by atoms with Crippen molar-refractivity contribution in [1.29, 1.82) is 0 Å². The Morgan fingerprint density at radius 1 is 0.415 bits per heavy atom. The number of hydrogen-bond donors (Lipinski definition) is 0. The van der Waals surface area contributed by atoms with Crippen LogP contribution in [0.4, 0.5) is 0 Å². The van der Waals surface area contributed by atoms with Gasteiger partial charge < -0.3 is 0 Å². The molecule has 0 bridgehead atoms. The molecule has 0 saturated heterocycles. The fourth-order valence-electron chi connectivity index (χ4n) is 3.52. The van der Waals surface area contributed by atoms with E-state index >= 15 is 0 Å². The molecule has 0 fully saturated rings. The summed E-state index contributed by atoms with van der Waals surface area (Å²) in [6.45, 7) is 8.31. The van der Waals surface area contributed by atoms with Crippen molar-refractivity contribution in [1.82, 2.24) is 0 Å². The third-order valence-electron chi connectivity index (χ3n) is 5.82. The first kappa shape index (κ1) is 38.8. The molecule has 0 aromatic carbocycles. The van der Waals surface area contributed by atoms with Crippen molar-refractivity contribution in [2.45, 2.75) is 130 Å². The predicted molar refractivity (Wildman–Crippen MR) is 163 cm³/mol. The summed E-state index contributed by atoms with van der Waals surface area (Å²) < 4.78 is 21.8. The summed E-state index contributed by atoms with van der Waals surface area (Å²) in [5.41, 5.74) is 0. The molecule has 0 atom stereocenters. The van der Waals surface area contributed by atoms with Crippen LogP contribution in [0.25, 0.3) is 0 Å². The Hall–Kier alpha value is -2.24. The maximum atomic E-state index is 12.8. The average molecular weight is 772 g/mol. The zero-order valence-electron chi connectivity index (χ0n) is 25.7. The van der Waals surface area contributed by atoms with Gasteiger partial charge in [0.1, 0.15) is 0 Å². The molecule has 0 radical (unpaired) electrons. The molecule has 0 aliphatic rings. The van der Waals surface area contributed by atoms with Gasteiger partial charge >= 0.3 is 256 Å². The van der Waals surface area contributed by atoms with Gasteiger partial charge in [0, 0.05) is 0 Å². The van der Waals surface area contributed by atoms with Crippen LogP contribution >= 0.6 is 0 Å². The maximum absolute atomic E-state index is 12.8. The normalized spacial score (nSPS) is 12.0. The fourth-order valence-corrected chi connectivity index (χ4v) is 9.38. The van der Waals surface area contributed by atoms with Crippen LogP contribution in [-0.4, -0.2) is 46.9 Å². The van der Waals surface area contributed by atoms with E-state index in [1.54, 1.807) is 24.3 Å². The molecule has 9 heteroatoms. The number of hydrogen-bond acceptors (Lipinski definition) is 8. The van der Waals surface area contributed by atoms with E-state index in [-0.39, 0.29) is 0 Å². The van der Waals surface area contributed by atoms with E-state index in [2.05, 4.69) is 27.7 Å². The van der Waals surface area contributed by atoms with Gasteiger partial charge in [0.2, 0.25) is 0 Å². The molecule has 232 valence electrons. The van der Waals surface area contributed by atoms with Crippen LogP contribution in [0.2, 0.25) is 0 Å². The number of allylic oxidation sites excluding steroid dienone is 4. The van der Waals surface area contributed by atoms with Crippen molar-refractivity contribution < 1.29 is 29.9 Å². The van der Waals surface area contributed by atoms with Crippen LogP contribution < -0.4 is 0 Å². The van der Waals surface area contributed by atoms with E-state index in [4.69, 9.17) is 10.7 Å². The topological polar surface area (TPSA) is 105 Å². The van der Waals surface area contributed by atoms with Gasteiger partial charge in [-0.1, -0.05) is 0 Å². The Morgan fingerprint density at radius 3 is 0.829 bits per heavy atom. The van der Waals surface area contributed by atoms with E-state index in [0.29, 0.717) is 25.7 Å². The summed E-state index contributed by atoms with van der Waals surface area (Å²) in [6, 6.07) is 0. The first-order valence-electron chi connectivity index (χ1n) is 15.4. The summed E-state index contributed by atoms with van der Waals surface area (Å²) in [5.74, 6) is -3.60. The molecule has 0 unspecified atom stereocenters. The van der Waals surface area contributed by atoms with E-state index in [1.165, 1.54) is 24.3 Å². The molecule has 8 nitrogen and oxygen atoms in total. The van der Waals surface area contributed by atoms with E-state index in [1.807, 2.05) is 0 Å². The second-order valence-corrected chi connectivity index (χ2v) is 16.8. The molecular formula is C32H52O8Pb. The van der Waals surface area contributed by atoms with Crippen molar-refractivity contribution in [2.24, 2.45) is 0 Å². The van der Waals surface area contributed by atoms with Gasteiger partial charge in [0.05, 0.1) is 0 Å². The van der Waals surface area contributed by atoms with Gasteiger partial charge in [-0.3, -0.25) is 0 Å². The number of rotatable bonds is 24. The Morgan fingerprint density at radius 2 is 0.634 bits per heavy atom. The van der Waals surface area contributed by atoms with Crippen molar-refractivity contribution in [3.05, 3.63) is 48.6 Å². The van der Waals surface area contributed by atoms with Crippen molar-refractivity contribution >= 4 is 46.9 Å². The number of carbonyl (C=O) groups is 4. The molecule has 0 N–H and O–H groups in total. The second kappa shape index (κ2) is 26.6. The second-order valence-electron chi connectivity index (χ2n) is 9.78. The molecule has 0 saturated carbocycles. The zero-order chi connectivity index (χ0) is 30.6. The van der Waals surface area contributed by atoms with Gasteiger partial charge in [0.25, 0.3) is 0 Å². The summed E-state index contributed by atoms with van der Waals surface area (Å²) in [4.78, 5) is 51.0. The van der Waals surface area contributed by atoms with Crippen LogP contribution in [0.3, 0.4) is 0 Å². The third-order valence-corrected chi connectivity index (χ3v) is 12.8. The standard InChI is InChI=1S/4C8H14O2.Pb/c4*1-2-3-4-5-6-7-8(9)10;/h4*6-7H,2-5H2,1H3,(H,9,10);/q;;;;+4/p-4/b4*7-6+;. The van der Waals surface area contributed by atoms with E-state index in [0.717, 1.165) is 77.0 Å². The summed E-state index contributed by atoms with van der Waals surface area (Å²) >= 11 is -6.10. The molecule has 0 amide bonds. The molecule has 0 heterocycles. The van der Waals surface area contributed by atoms with Crippen molar-refractivity contribution in [3.8, 4) is 0 Å². The van der Waals surface area contributed by atoms with E-state index in [9.17, 15) is 19.2 Å². The SMILES string of the molecule is CCCCC/C=C/C(=O)[O][Pb]([O]C(=O)/C=C/CCCCC)([O]C(=O)/C=C/CCCCC)[O]C(=O)/C=C/CCCCC. The van der Waals surface area contributed by atoms with Crippen LogP contribution in [0.1, 0.15) is 130 Å². The first-order chi connectivity index (χ1) is 19.8. The van der Waals surface area contributed by atoms with Crippen molar-refractivity contribution in [3.63, 3.8) is 0 Å². The molecule has 0 spiro atoms. The molecule has 0 aliphatic heterocycles. The molecule has 0 aliphatic carbocycles. The quantitative estimate of drug-likeness (QED) is 0.0551. The fraction of sp³-hybridized carbons (Fsp3) is 0.625. The molecule has 0 rings (SSSR count). The minimum atomic E-state index is -6.10. The van der Waals surface area contributed by atoms with Gasteiger partial charge in [-0.25, -0.2) is 0 Å². The van der Waals surface area contributed by atoms with E-state index < -0.39 is 46.9 Å². The van der Waals surface area contributed by atoms with Crippen LogP contribution in [0, 0.1) is 0 Å². The summed E-state index contributed by atoms with van der Waals surface area (Å²) in [7, 11) is 0. The first-order valence-corrected chi connectivity index (χ1v) is 21.7. The zero-order valence-corrected chi connectivity index (χ0v) is 29.6. The Balaban J connectivity index is 5.96. The van der Waals surface area contributed by atoms with Gasteiger partial charge in [0.15, 0.2) is 0 Å². The number of carbonyl (C=O) groups excluding carboxylic acids is 4. The van der Waals surface area contributed by atoms with Crippen LogP contribution in [0.15, 0.2) is 48.6 Å². The van der Waals surface area contributed by atoms with Gasteiger partial charge in [-0.15, -0.1) is 0 Å². The van der Waals surface area contributed by atoms with Crippen molar-refractivity contribution in [2.75, 3.05) is 0 Å². The minimum absolute atomic E-state index is 0.647. The predicted octanol–water partition coefficient (Wildman–Crippen LogP) is 8.14. The summed E-state index contributed by atoms with van der Waals surface area (Å²) in [5, 5.41) is 0. The molecular weight excluding hydrogens is 720 g/mol. The Labute approximate surface area is 254 Å². The van der Waals surface area contributed by atoms with Crippen LogP contribution in [-0.2, 0) is 29.9 Å². The van der Waals surface area contributed by atoms with Gasteiger partial charge in [-0.05, 0) is 0 Å². The molecule has 41 heavy (non-hydrogen) atoms. The molecule has 0 aromatic heterocycles. The molecule has 0 aromatic rings. The average Bonchev–Trinajstić information content (AvgIpc) is 2.92. The third kappa shape index (κ3) is 23.1. The number of unbranched alkanes of at least 4 members (excludes halogenated alkanes) is 12. The Bertz CT molecular complexity index is 718. The summed E-state index contributed by atoms with van der Waals surface area (Å²) in [6.07, 6.45) is 25.6. The monoisotopic (exact) mass is 772 g/mol. The van der Waals surface area contributed by atoms with Crippen LogP contribution in [0.5, 0.6) is 0 Å².